The van der Waals surface area contributed by atoms with E-state index in [1.54, 1.807) is 6.92 Å². The molecule has 0 aromatic heterocycles. The van der Waals surface area contributed by atoms with Gasteiger partial charge >= 0.3 is 0 Å². The lowest BCUT2D eigenvalue weighted by Gasteiger charge is -2.39. The molecule has 0 bridgehead atoms. The van der Waals surface area contributed by atoms with Gasteiger partial charge in [0.1, 0.15) is 11.4 Å². The third-order valence-electron chi connectivity index (χ3n) is 3.59. The molecular formula is C13H14BrFN2O2. The highest BCUT2D eigenvalue weighted by Gasteiger charge is 2.44. The summed E-state index contributed by atoms with van der Waals surface area (Å²) in [7, 11) is 0. The summed E-state index contributed by atoms with van der Waals surface area (Å²) in [5.74, 6) is -1.53. The van der Waals surface area contributed by atoms with Crippen LogP contribution in [0.2, 0.25) is 0 Å². The fourth-order valence-electron chi connectivity index (χ4n) is 2.13. The molecule has 0 unspecified atom stereocenters. The van der Waals surface area contributed by atoms with Gasteiger partial charge in [-0.2, -0.15) is 0 Å². The average molecular weight is 329 g/mol. The molecule has 1 aromatic rings. The minimum Gasteiger partial charge on any atom is -0.368 e. The van der Waals surface area contributed by atoms with E-state index in [9.17, 15) is 14.0 Å². The van der Waals surface area contributed by atoms with Crippen molar-refractivity contribution in [3.8, 4) is 0 Å². The number of rotatable bonds is 3. The highest BCUT2D eigenvalue weighted by Crippen LogP contribution is 2.32. The van der Waals surface area contributed by atoms with Gasteiger partial charge in [0.25, 0.3) is 5.91 Å². The molecule has 1 saturated carbocycles. The van der Waals surface area contributed by atoms with Gasteiger partial charge in [-0.1, -0.05) is 15.9 Å². The molecule has 19 heavy (non-hydrogen) atoms. The third kappa shape index (κ3) is 2.49. The average Bonchev–Trinajstić information content (AvgIpc) is 2.27. The third-order valence-corrected chi connectivity index (χ3v) is 4.41. The van der Waals surface area contributed by atoms with E-state index >= 15 is 0 Å². The summed E-state index contributed by atoms with van der Waals surface area (Å²) in [5.41, 5.74) is 5.18. The number of carbonyl (C=O) groups is 2. The second kappa shape index (κ2) is 4.92. The van der Waals surface area contributed by atoms with E-state index < -0.39 is 23.2 Å². The van der Waals surface area contributed by atoms with Crippen LogP contribution in [-0.4, -0.2) is 17.4 Å². The van der Waals surface area contributed by atoms with Gasteiger partial charge in [-0.05, 0) is 43.9 Å². The fraction of sp³-hybridized carbons (Fsp3) is 0.385. The first-order chi connectivity index (χ1) is 8.85. The molecule has 102 valence electrons. The zero-order valence-corrected chi connectivity index (χ0v) is 12.0. The fourth-order valence-corrected chi connectivity index (χ4v) is 2.56. The van der Waals surface area contributed by atoms with Gasteiger partial charge in [-0.15, -0.1) is 0 Å². The maximum Gasteiger partial charge on any atom is 0.252 e. The molecule has 0 aliphatic heterocycles. The Balaban J connectivity index is 2.28. The first-order valence-corrected chi connectivity index (χ1v) is 6.73. The van der Waals surface area contributed by atoms with E-state index in [-0.39, 0.29) is 5.56 Å². The molecule has 0 saturated heterocycles. The van der Waals surface area contributed by atoms with E-state index in [4.69, 9.17) is 5.73 Å². The molecule has 1 aromatic carbocycles. The van der Waals surface area contributed by atoms with E-state index in [0.29, 0.717) is 22.9 Å². The number of nitrogens with two attached hydrogens (primary N) is 1. The maximum absolute atomic E-state index is 13.4. The van der Waals surface area contributed by atoms with Crippen molar-refractivity contribution in [2.24, 2.45) is 5.73 Å². The van der Waals surface area contributed by atoms with Crippen molar-refractivity contribution in [1.29, 1.82) is 0 Å². The Hall–Kier alpha value is -1.43. The lowest BCUT2D eigenvalue weighted by Crippen LogP contribution is -2.61. The molecule has 4 nitrogen and oxygen atoms in total. The van der Waals surface area contributed by atoms with Gasteiger partial charge in [0.05, 0.1) is 0 Å². The van der Waals surface area contributed by atoms with Gasteiger partial charge in [0, 0.05) is 10.0 Å². The minimum atomic E-state index is -0.970. The standard InChI is InChI=1S/C13H14BrFN2O2/c1-7-9(5-8(15)6-10(7)14)11(18)17-13(12(16)19)3-2-4-13/h5-6H,2-4H2,1H3,(H2,16,19)(H,17,18). The van der Waals surface area contributed by atoms with Gasteiger partial charge in [0.15, 0.2) is 0 Å². The molecular weight excluding hydrogens is 315 g/mol. The van der Waals surface area contributed by atoms with Crippen LogP contribution in [0.1, 0.15) is 35.2 Å². The summed E-state index contributed by atoms with van der Waals surface area (Å²) in [4.78, 5) is 23.6. The first-order valence-electron chi connectivity index (χ1n) is 5.94. The van der Waals surface area contributed by atoms with Gasteiger partial charge in [0.2, 0.25) is 5.91 Å². The van der Waals surface area contributed by atoms with Crippen molar-refractivity contribution < 1.29 is 14.0 Å². The molecule has 3 N–H and O–H groups in total. The Kier molecular flexibility index (Phi) is 3.62. The summed E-state index contributed by atoms with van der Waals surface area (Å²) in [5, 5.41) is 2.64. The lowest BCUT2D eigenvalue weighted by atomic mass is 9.76. The first kappa shape index (κ1) is 14.0. The summed E-state index contributed by atoms with van der Waals surface area (Å²) in [6.45, 7) is 1.70. The Bertz CT molecular complexity index is 556. The smallest absolute Gasteiger partial charge is 0.252 e. The van der Waals surface area contributed by atoms with Gasteiger partial charge < -0.3 is 11.1 Å². The number of carbonyl (C=O) groups excluding carboxylic acids is 2. The molecule has 2 amide bonds. The van der Waals surface area contributed by atoms with E-state index in [0.717, 1.165) is 12.5 Å². The Morgan fingerprint density at radius 1 is 1.42 bits per heavy atom. The second-order valence-electron chi connectivity index (χ2n) is 4.81. The number of nitrogens with one attached hydrogen (secondary N) is 1. The van der Waals surface area contributed by atoms with E-state index in [2.05, 4.69) is 21.2 Å². The molecule has 6 heteroatoms. The number of amides is 2. The van der Waals surface area contributed by atoms with Gasteiger partial charge in [-0.3, -0.25) is 9.59 Å². The molecule has 0 atom stereocenters. The zero-order valence-electron chi connectivity index (χ0n) is 10.4. The molecule has 1 fully saturated rings. The molecule has 0 heterocycles. The number of benzene rings is 1. The van der Waals surface area contributed by atoms with Crippen LogP contribution in [0.5, 0.6) is 0 Å². The SMILES string of the molecule is Cc1c(Br)cc(F)cc1C(=O)NC1(C(N)=O)CCC1. The van der Waals surface area contributed by atoms with Crippen LogP contribution in [0.4, 0.5) is 4.39 Å². The Morgan fingerprint density at radius 3 is 2.53 bits per heavy atom. The van der Waals surface area contributed by atoms with E-state index in [1.165, 1.54) is 6.07 Å². The largest absolute Gasteiger partial charge is 0.368 e. The van der Waals surface area contributed by atoms with Gasteiger partial charge in [-0.25, -0.2) is 4.39 Å². The monoisotopic (exact) mass is 328 g/mol. The minimum absolute atomic E-state index is 0.208. The maximum atomic E-state index is 13.4. The van der Waals surface area contributed by atoms with Crippen LogP contribution >= 0.6 is 15.9 Å². The topological polar surface area (TPSA) is 72.2 Å². The van der Waals surface area contributed by atoms with Crippen molar-refractivity contribution in [2.45, 2.75) is 31.7 Å². The Morgan fingerprint density at radius 2 is 2.05 bits per heavy atom. The quantitative estimate of drug-likeness (QED) is 0.891. The van der Waals surface area contributed by atoms with Crippen molar-refractivity contribution in [3.05, 3.63) is 33.5 Å². The molecule has 0 spiro atoms. The van der Waals surface area contributed by atoms with Crippen LogP contribution < -0.4 is 11.1 Å². The molecule has 1 aliphatic rings. The van der Waals surface area contributed by atoms with Crippen molar-refractivity contribution in [1.82, 2.24) is 5.32 Å². The van der Waals surface area contributed by atoms with Crippen LogP contribution in [0.25, 0.3) is 0 Å². The number of primary amides is 1. The number of hydrogen-bond acceptors (Lipinski definition) is 2. The van der Waals surface area contributed by atoms with Crippen LogP contribution in [0.15, 0.2) is 16.6 Å². The molecule has 0 radical (unpaired) electrons. The second-order valence-corrected chi connectivity index (χ2v) is 5.67. The van der Waals surface area contributed by atoms with Crippen molar-refractivity contribution >= 4 is 27.7 Å². The number of halogens is 2. The predicted molar refractivity (Wildman–Crippen MR) is 72.1 cm³/mol. The van der Waals surface area contributed by atoms with E-state index in [1.807, 2.05) is 0 Å². The zero-order chi connectivity index (χ0) is 14.2. The highest BCUT2D eigenvalue weighted by molar-refractivity contribution is 9.10. The predicted octanol–water partition coefficient (Wildman–Crippen LogP) is 2.03. The molecule has 2 rings (SSSR count). The number of hydrogen-bond donors (Lipinski definition) is 2. The van der Waals surface area contributed by atoms with Crippen LogP contribution in [0.3, 0.4) is 0 Å². The normalized spacial score (nSPS) is 16.6. The Labute approximate surface area is 118 Å². The van der Waals surface area contributed by atoms with Crippen molar-refractivity contribution in [3.63, 3.8) is 0 Å². The lowest BCUT2D eigenvalue weighted by molar-refractivity contribution is -0.127. The summed E-state index contributed by atoms with van der Waals surface area (Å²) in [6.07, 6.45) is 1.91. The van der Waals surface area contributed by atoms with Crippen LogP contribution in [0, 0.1) is 12.7 Å². The molecule has 1 aliphatic carbocycles. The highest BCUT2D eigenvalue weighted by atomic mass is 79.9. The summed E-state index contributed by atoms with van der Waals surface area (Å²) < 4.78 is 13.9. The summed E-state index contributed by atoms with van der Waals surface area (Å²) in [6, 6.07) is 2.45. The van der Waals surface area contributed by atoms with Crippen molar-refractivity contribution in [2.75, 3.05) is 0 Å². The van der Waals surface area contributed by atoms with Crippen LogP contribution in [-0.2, 0) is 4.79 Å². The summed E-state index contributed by atoms with van der Waals surface area (Å²) >= 11 is 3.19.